The first kappa shape index (κ1) is 18.5. The van der Waals surface area contributed by atoms with E-state index in [9.17, 15) is 9.59 Å². The minimum absolute atomic E-state index is 0.199. The first-order valence-electron chi connectivity index (χ1n) is 9.03. The number of anilines is 2. The second kappa shape index (κ2) is 8.36. The van der Waals surface area contributed by atoms with Crippen molar-refractivity contribution in [3.05, 3.63) is 46.3 Å². The summed E-state index contributed by atoms with van der Waals surface area (Å²) in [5.41, 5.74) is 2.28. The van der Waals surface area contributed by atoms with E-state index in [4.69, 9.17) is 4.74 Å². The van der Waals surface area contributed by atoms with Crippen molar-refractivity contribution in [2.45, 2.75) is 52.1 Å². The summed E-state index contributed by atoms with van der Waals surface area (Å²) in [5, 5.41) is 6.23. The molecule has 0 saturated heterocycles. The monoisotopic (exact) mass is 372 g/mol. The van der Waals surface area contributed by atoms with Crippen molar-refractivity contribution in [3.8, 4) is 0 Å². The van der Waals surface area contributed by atoms with Gasteiger partial charge in [0.15, 0.2) is 0 Å². The zero-order valence-corrected chi connectivity index (χ0v) is 15.9. The molecule has 2 amide bonds. The van der Waals surface area contributed by atoms with Crippen LogP contribution < -0.4 is 10.6 Å². The Balaban J connectivity index is 1.85. The first-order chi connectivity index (χ1) is 12.5. The topological polar surface area (TPSA) is 67.4 Å². The quantitative estimate of drug-likeness (QED) is 0.571. The van der Waals surface area contributed by atoms with Gasteiger partial charge in [-0.1, -0.05) is 24.6 Å². The number of amides is 2. The fourth-order valence-corrected chi connectivity index (χ4v) is 4.38. The molecule has 0 radical (unpaired) electrons. The fourth-order valence-electron chi connectivity index (χ4n) is 3.11. The van der Waals surface area contributed by atoms with Gasteiger partial charge < -0.3 is 10.1 Å². The highest BCUT2D eigenvalue weighted by Gasteiger charge is 2.27. The summed E-state index contributed by atoms with van der Waals surface area (Å²) in [6, 6.07) is 8.88. The van der Waals surface area contributed by atoms with E-state index in [2.05, 4.69) is 10.6 Å². The van der Waals surface area contributed by atoms with E-state index in [1.54, 1.807) is 0 Å². The number of hydrogen-bond acceptors (Lipinski definition) is 4. The molecule has 1 heterocycles. The highest BCUT2D eigenvalue weighted by atomic mass is 32.1. The number of para-hydroxylation sites is 1. The van der Waals surface area contributed by atoms with Crippen molar-refractivity contribution in [2.75, 3.05) is 10.6 Å². The van der Waals surface area contributed by atoms with Gasteiger partial charge in [0.1, 0.15) is 5.00 Å². The Kier molecular flexibility index (Phi) is 5.93. The van der Waals surface area contributed by atoms with Crippen molar-refractivity contribution in [3.63, 3.8) is 0 Å². The zero-order chi connectivity index (χ0) is 18.5. The second-order valence-corrected chi connectivity index (χ2v) is 7.77. The van der Waals surface area contributed by atoms with Crippen molar-refractivity contribution < 1.29 is 14.3 Å². The number of urea groups is 1. The Morgan fingerprint density at radius 1 is 1.04 bits per heavy atom. The van der Waals surface area contributed by atoms with Crippen LogP contribution in [0, 0.1) is 0 Å². The summed E-state index contributed by atoms with van der Waals surface area (Å²) in [4.78, 5) is 26.3. The maximum atomic E-state index is 12.7. The molecule has 2 aromatic rings. The number of fused-ring (bicyclic) bond motifs is 1. The molecule has 0 aliphatic heterocycles. The van der Waals surface area contributed by atoms with Crippen LogP contribution in [0.2, 0.25) is 0 Å². The van der Waals surface area contributed by atoms with E-state index < -0.39 is 0 Å². The highest BCUT2D eigenvalue weighted by Crippen LogP contribution is 2.38. The van der Waals surface area contributed by atoms with Crippen molar-refractivity contribution >= 4 is 34.0 Å². The molecule has 0 fully saturated rings. The Bertz CT molecular complexity index is 784. The molecular formula is C20H24N2O3S. The van der Waals surface area contributed by atoms with Gasteiger partial charge in [0.05, 0.1) is 11.7 Å². The molecule has 6 heteroatoms. The maximum absolute atomic E-state index is 12.7. The van der Waals surface area contributed by atoms with Crippen LogP contribution in [0.25, 0.3) is 0 Å². The molecule has 26 heavy (non-hydrogen) atoms. The van der Waals surface area contributed by atoms with E-state index in [1.807, 2.05) is 44.2 Å². The number of aryl methyl sites for hydroxylation is 1. The summed E-state index contributed by atoms with van der Waals surface area (Å²) >= 11 is 1.50. The third kappa shape index (κ3) is 4.43. The van der Waals surface area contributed by atoms with Gasteiger partial charge in [-0.15, -0.1) is 11.3 Å². The molecule has 1 aromatic carbocycles. The number of esters is 1. The molecule has 0 unspecified atom stereocenters. The van der Waals surface area contributed by atoms with Crippen LogP contribution in [0.5, 0.6) is 0 Å². The maximum Gasteiger partial charge on any atom is 0.341 e. The largest absolute Gasteiger partial charge is 0.459 e. The van der Waals surface area contributed by atoms with Crippen molar-refractivity contribution in [1.29, 1.82) is 0 Å². The molecule has 3 rings (SSSR count). The zero-order valence-electron chi connectivity index (χ0n) is 15.1. The molecule has 0 saturated carbocycles. The Hall–Kier alpha value is -2.34. The number of rotatable bonds is 4. The number of benzene rings is 1. The summed E-state index contributed by atoms with van der Waals surface area (Å²) in [6.07, 6.45) is 4.94. The second-order valence-electron chi connectivity index (χ2n) is 6.67. The first-order valence-corrected chi connectivity index (χ1v) is 9.85. The van der Waals surface area contributed by atoms with E-state index >= 15 is 0 Å². The highest BCUT2D eigenvalue weighted by molar-refractivity contribution is 7.17. The minimum atomic E-state index is -0.355. The predicted molar refractivity (Wildman–Crippen MR) is 105 cm³/mol. The normalized spacial score (nSPS) is 13.7. The smallest absolute Gasteiger partial charge is 0.341 e. The summed E-state index contributed by atoms with van der Waals surface area (Å²) in [5.74, 6) is -0.352. The fraction of sp³-hybridized carbons (Fsp3) is 0.400. The number of ether oxygens (including phenoxy) is 1. The Labute approximate surface area is 157 Å². The van der Waals surface area contributed by atoms with Gasteiger partial charge in [-0.05, 0) is 57.2 Å². The lowest BCUT2D eigenvalue weighted by molar-refractivity contribution is 0.0378. The summed E-state index contributed by atoms with van der Waals surface area (Å²) in [6.45, 7) is 3.66. The predicted octanol–water partition coefficient (Wildman–Crippen LogP) is 5.23. The number of thiophene rings is 1. The van der Waals surface area contributed by atoms with Gasteiger partial charge >= 0.3 is 12.0 Å². The van der Waals surface area contributed by atoms with E-state index in [1.165, 1.54) is 16.2 Å². The average molecular weight is 372 g/mol. The van der Waals surface area contributed by atoms with Gasteiger partial charge in [0.25, 0.3) is 0 Å². The van der Waals surface area contributed by atoms with Crippen LogP contribution >= 0.6 is 11.3 Å². The summed E-state index contributed by atoms with van der Waals surface area (Å²) < 4.78 is 5.44. The Morgan fingerprint density at radius 3 is 2.50 bits per heavy atom. The molecule has 1 aliphatic rings. The molecule has 5 nitrogen and oxygen atoms in total. The minimum Gasteiger partial charge on any atom is -0.459 e. The average Bonchev–Trinajstić information content (AvgIpc) is 2.76. The lowest BCUT2D eigenvalue weighted by atomic mass is 10.1. The standard InChI is InChI=1S/C20H24N2O3S/c1-13(2)25-19(23)17-15-11-7-4-8-12-16(15)26-18(17)22-20(24)21-14-9-5-3-6-10-14/h3,5-6,9-10,13H,4,7-8,11-12H2,1-2H3,(H2,21,22,24). The summed E-state index contributed by atoms with van der Waals surface area (Å²) in [7, 11) is 0. The van der Waals surface area contributed by atoms with Crippen LogP contribution in [0.15, 0.2) is 30.3 Å². The number of nitrogens with one attached hydrogen (secondary N) is 2. The lowest BCUT2D eigenvalue weighted by Crippen LogP contribution is -2.21. The van der Waals surface area contributed by atoms with E-state index in [-0.39, 0.29) is 18.1 Å². The number of carbonyl (C=O) groups excluding carboxylic acids is 2. The third-order valence-corrected chi connectivity index (χ3v) is 5.43. The molecule has 138 valence electrons. The third-order valence-electron chi connectivity index (χ3n) is 4.23. The lowest BCUT2D eigenvalue weighted by Gasteiger charge is -2.12. The molecule has 0 spiro atoms. The van der Waals surface area contributed by atoms with Crippen molar-refractivity contribution in [1.82, 2.24) is 0 Å². The van der Waals surface area contributed by atoms with Crippen LogP contribution in [-0.2, 0) is 17.6 Å². The number of hydrogen-bond donors (Lipinski definition) is 2. The molecule has 1 aromatic heterocycles. The molecular weight excluding hydrogens is 348 g/mol. The van der Waals surface area contributed by atoms with E-state index in [0.29, 0.717) is 16.3 Å². The van der Waals surface area contributed by atoms with Crippen LogP contribution in [0.4, 0.5) is 15.5 Å². The van der Waals surface area contributed by atoms with Gasteiger partial charge in [-0.25, -0.2) is 9.59 Å². The van der Waals surface area contributed by atoms with Gasteiger partial charge in [0, 0.05) is 10.6 Å². The molecule has 0 bridgehead atoms. The van der Waals surface area contributed by atoms with E-state index in [0.717, 1.165) is 37.7 Å². The SMILES string of the molecule is CC(C)OC(=O)c1c(NC(=O)Nc2ccccc2)sc2c1CCCCC2. The van der Waals surface area contributed by atoms with Crippen molar-refractivity contribution in [2.24, 2.45) is 0 Å². The molecule has 0 atom stereocenters. The Morgan fingerprint density at radius 2 is 1.77 bits per heavy atom. The van der Waals surface area contributed by atoms with Crippen LogP contribution in [0.3, 0.4) is 0 Å². The number of carbonyl (C=O) groups is 2. The van der Waals surface area contributed by atoms with Gasteiger partial charge in [-0.3, -0.25) is 5.32 Å². The van der Waals surface area contributed by atoms with Crippen LogP contribution in [-0.4, -0.2) is 18.1 Å². The molecule has 2 N–H and O–H groups in total. The van der Waals surface area contributed by atoms with Gasteiger partial charge in [0.2, 0.25) is 0 Å². The van der Waals surface area contributed by atoms with Crippen LogP contribution in [0.1, 0.15) is 53.9 Å². The van der Waals surface area contributed by atoms with Gasteiger partial charge in [-0.2, -0.15) is 0 Å². The molecule has 1 aliphatic carbocycles.